The van der Waals surface area contributed by atoms with E-state index in [1.165, 1.54) is 0 Å². The van der Waals surface area contributed by atoms with Crippen molar-refractivity contribution in [2.45, 2.75) is 25.6 Å². The number of hydrogen-bond acceptors (Lipinski definition) is 6. The van der Waals surface area contributed by atoms with Gasteiger partial charge in [0.15, 0.2) is 11.8 Å². The molecule has 2 N–H and O–H groups in total. The third kappa shape index (κ3) is 4.46. The Labute approximate surface area is 136 Å². The lowest BCUT2D eigenvalue weighted by Crippen LogP contribution is -2.40. The summed E-state index contributed by atoms with van der Waals surface area (Å²) < 4.78 is 42.0. The molecule has 3 rings (SSSR count). The van der Waals surface area contributed by atoms with E-state index in [9.17, 15) is 13.2 Å². The van der Waals surface area contributed by atoms with Crippen LogP contribution in [0.2, 0.25) is 0 Å². The molecule has 1 aliphatic heterocycles. The minimum Gasteiger partial charge on any atom is -0.356 e. The summed E-state index contributed by atoms with van der Waals surface area (Å²) in [6.07, 6.45) is -4.55. The molecule has 0 saturated carbocycles. The molecule has 6 nitrogen and oxygen atoms in total. The minimum absolute atomic E-state index is 0.0734. The Morgan fingerprint density at radius 3 is 2.92 bits per heavy atom. The second kappa shape index (κ2) is 6.90. The van der Waals surface area contributed by atoms with Crippen molar-refractivity contribution in [1.29, 1.82) is 0 Å². The summed E-state index contributed by atoms with van der Waals surface area (Å²) in [5.41, 5.74) is 1.51. The third-order valence-electron chi connectivity index (χ3n) is 3.36. The zero-order valence-corrected chi connectivity index (χ0v) is 12.7. The molecule has 1 aromatic heterocycles. The minimum atomic E-state index is -4.36. The average molecular weight is 339 g/mol. The first kappa shape index (κ1) is 16.3. The van der Waals surface area contributed by atoms with Gasteiger partial charge >= 0.3 is 6.18 Å². The molecule has 0 radical (unpaired) electrons. The van der Waals surface area contributed by atoms with Gasteiger partial charge < -0.3 is 15.2 Å². The number of rotatable bonds is 4. The van der Waals surface area contributed by atoms with Crippen LogP contribution in [0.5, 0.6) is 0 Å². The number of aromatic nitrogens is 2. The standard InChI is InChI=1S/C15H16F3N5O/c16-15(17,18)8-12-22-13(24-23-12)11-4-1-3-10(7-11)9-21-14-19-5-2-6-20-14/h1,3-4,7H,2,5-6,8-9H2,(H2,19,20,21). The van der Waals surface area contributed by atoms with Crippen LogP contribution in [0.25, 0.3) is 11.5 Å². The Hall–Kier alpha value is -2.58. The van der Waals surface area contributed by atoms with Crippen LogP contribution in [0.1, 0.15) is 17.8 Å². The molecule has 128 valence electrons. The van der Waals surface area contributed by atoms with Crippen molar-refractivity contribution >= 4 is 5.96 Å². The Bertz CT molecular complexity index is 726. The fraction of sp³-hybridized carbons (Fsp3) is 0.400. The maximum absolute atomic E-state index is 12.3. The van der Waals surface area contributed by atoms with Gasteiger partial charge in [0.2, 0.25) is 0 Å². The largest absolute Gasteiger partial charge is 0.396 e. The van der Waals surface area contributed by atoms with Crippen LogP contribution < -0.4 is 10.6 Å². The van der Waals surface area contributed by atoms with Gasteiger partial charge in [-0.3, -0.25) is 4.99 Å². The zero-order chi connectivity index (χ0) is 17.0. The second-order valence-electron chi connectivity index (χ2n) is 5.37. The molecule has 2 heterocycles. The van der Waals surface area contributed by atoms with Crippen molar-refractivity contribution in [3.8, 4) is 11.5 Å². The van der Waals surface area contributed by atoms with Crippen LogP contribution in [0.15, 0.2) is 33.8 Å². The first-order chi connectivity index (χ1) is 11.5. The molecule has 24 heavy (non-hydrogen) atoms. The van der Waals surface area contributed by atoms with E-state index in [4.69, 9.17) is 4.52 Å². The molecule has 0 fully saturated rings. The SMILES string of the molecule is FC(F)(F)Cc1noc(-c2cccc(CNC3=NCCCN3)c2)n1. The quantitative estimate of drug-likeness (QED) is 0.894. The lowest BCUT2D eigenvalue weighted by Gasteiger charge is -2.16. The highest BCUT2D eigenvalue weighted by atomic mass is 19.4. The number of halogens is 3. The van der Waals surface area contributed by atoms with Gasteiger partial charge in [0, 0.05) is 25.2 Å². The molecule has 1 aromatic carbocycles. The predicted molar refractivity (Wildman–Crippen MR) is 81.3 cm³/mol. The summed E-state index contributed by atoms with van der Waals surface area (Å²) in [4.78, 5) is 8.11. The van der Waals surface area contributed by atoms with E-state index in [0.29, 0.717) is 12.1 Å². The van der Waals surface area contributed by atoms with Gasteiger partial charge in [-0.1, -0.05) is 17.3 Å². The van der Waals surface area contributed by atoms with Crippen LogP contribution in [0.3, 0.4) is 0 Å². The Morgan fingerprint density at radius 2 is 2.17 bits per heavy atom. The van der Waals surface area contributed by atoms with Gasteiger partial charge in [0.05, 0.1) is 0 Å². The highest BCUT2D eigenvalue weighted by Crippen LogP contribution is 2.23. The monoisotopic (exact) mass is 339 g/mol. The Morgan fingerprint density at radius 1 is 1.29 bits per heavy atom. The van der Waals surface area contributed by atoms with Crippen molar-refractivity contribution in [2.75, 3.05) is 13.1 Å². The summed E-state index contributed by atoms with van der Waals surface area (Å²) in [6.45, 7) is 2.21. The first-order valence-electron chi connectivity index (χ1n) is 7.50. The van der Waals surface area contributed by atoms with Gasteiger partial charge in [-0.25, -0.2) is 0 Å². The van der Waals surface area contributed by atoms with E-state index < -0.39 is 12.6 Å². The van der Waals surface area contributed by atoms with Gasteiger partial charge in [-0.15, -0.1) is 0 Å². The third-order valence-corrected chi connectivity index (χ3v) is 3.36. The molecule has 0 spiro atoms. The average Bonchev–Trinajstić information content (AvgIpc) is 3.01. The summed E-state index contributed by atoms with van der Waals surface area (Å²) in [6, 6.07) is 7.19. The van der Waals surface area contributed by atoms with Crippen molar-refractivity contribution in [3.63, 3.8) is 0 Å². The molecule has 0 saturated heterocycles. The summed E-state index contributed by atoms with van der Waals surface area (Å²) in [5.74, 6) is 0.447. The molecule has 0 bridgehead atoms. The second-order valence-corrected chi connectivity index (χ2v) is 5.37. The fourth-order valence-corrected chi connectivity index (χ4v) is 2.27. The number of alkyl halides is 3. The maximum atomic E-state index is 12.3. The van der Waals surface area contributed by atoms with Crippen molar-refractivity contribution < 1.29 is 17.7 Å². The maximum Gasteiger partial charge on any atom is 0.396 e. The van der Waals surface area contributed by atoms with E-state index in [1.807, 2.05) is 6.07 Å². The number of guanidine groups is 1. The van der Waals surface area contributed by atoms with Gasteiger partial charge in [-0.2, -0.15) is 18.2 Å². The van der Waals surface area contributed by atoms with Crippen LogP contribution in [-0.2, 0) is 13.0 Å². The van der Waals surface area contributed by atoms with Crippen molar-refractivity contribution in [2.24, 2.45) is 4.99 Å². The highest BCUT2D eigenvalue weighted by molar-refractivity contribution is 5.80. The molecule has 0 atom stereocenters. The van der Waals surface area contributed by atoms with E-state index in [2.05, 4.69) is 25.8 Å². The molecule has 2 aromatic rings. The molecule has 1 aliphatic rings. The first-order valence-corrected chi connectivity index (χ1v) is 7.50. The molecular weight excluding hydrogens is 323 g/mol. The number of nitrogens with one attached hydrogen (secondary N) is 2. The molecule has 0 amide bonds. The van der Waals surface area contributed by atoms with E-state index >= 15 is 0 Å². The molecule has 0 aliphatic carbocycles. The summed E-state index contributed by atoms with van der Waals surface area (Å²) in [5, 5.41) is 9.70. The van der Waals surface area contributed by atoms with Crippen LogP contribution in [-0.4, -0.2) is 35.4 Å². The van der Waals surface area contributed by atoms with Gasteiger partial charge in [0.25, 0.3) is 5.89 Å². The number of aliphatic imine (C=N–C) groups is 1. The van der Waals surface area contributed by atoms with Crippen molar-refractivity contribution in [3.05, 3.63) is 35.7 Å². The van der Waals surface area contributed by atoms with Gasteiger partial charge in [-0.05, 0) is 24.1 Å². The predicted octanol–water partition coefficient (Wildman–Crippen LogP) is 2.28. The smallest absolute Gasteiger partial charge is 0.356 e. The lowest BCUT2D eigenvalue weighted by atomic mass is 10.1. The van der Waals surface area contributed by atoms with Crippen LogP contribution in [0, 0.1) is 0 Å². The highest BCUT2D eigenvalue weighted by Gasteiger charge is 2.30. The zero-order valence-electron chi connectivity index (χ0n) is 12.7. The van der Waals surface area contributed by atoms with Crippen molar-refractivity contribution in [1.82, 2.24) is 20.8 Å². The Kier molecular flexibility index (Phi) is 4.68. The van der Waals surface area contributed by atoms with Gasteiger partial charge in [0.1, 0.15) is 6.42 Å². The molecule has 0 unspecified atom stereocenters. The molecule has 9 heteroatoms. The fourth-order valence-electron chi connectivity index (χ4n) is 2.27. The van der Waals surface area contributed by atoms with E-state index in [-0.39, 0.29) is 11.7 Å². The number of nitrogens with zero attached hydrogens (tertiary/aromatic N) is 3. The van der Waals surface area contributed by atoms with E-state index in [1.54, 1.807) is 18.2 Å². The van der Waals surface area contributed by atoms with Crippen LogP contribution >= 0.6 is 0 Å². The lowest BCUT2D eigenvalue weighted by molar-refractivity contribution is -0.128. The summed E-state index contributed by atoms with van der Waals surface area (Å²) in [7, 11) is 0. The molecular formula is C15H16F3N5O. The topological polar surface area (TPSA) is 75.3 Å². The number of hydrogen-bond donors (Lipinski definition) is 2. The van der Waals surface area contributed by atoms with Crippen LogP contribution in [0.4, 0.5) is 13.2 Å². The van der Waals surface area contributed by atoms with E-state index in [0.717, 1.165) is 31.0 Å². The number of benzene rings is 1. The normalized spacial score (nSPS) is 14.9. The summed E-state index contributed by atoms with van der Waals surface area (Å²) >= 11 is 0. The Balaban J connectivity index is 1.67.